The first kappa shape index (κ1) is 12.6. The van der Waals surface area contributed by atoms with Gasteiger partial charge in [0.15, 0.2) is 23.1 Å². The molecular formula is C11H16FNO3. The van der Waals surface area contributed by atoms with Crippen LogP contribution in [0, 0.1) is 5.82 Å². The molecule has 4 nitrogen and oxygen atoms in total. The molecule has 0 radical (unpaired) electrons. The number of hydrogen-bond donors (Lipinski definition) is 2. The Morgan fingerprint density at radius 3 is 2.56 bits per heavy atom. The van der Waals surface area contributed by atoms with Crippen LogP contribution >= 0.6 is 0 Å². The highest BCUT2D eigenvalue weighted by molar-refractivity contribution is 5.54. The Balaban J connectivity index is 3.23. The fourth-order valence-electron chi connectivity index (χ4n) is 1.51. The lowest BCUT2D eigenvalue weighted by molar-refractivity contribution is 0.339. The minimum Gasteiger partial charge on any atom is -0.505 e. The number of likely N-dealkylation sites (N-methyl/N-ethyl adjacent to an activating group) is 1. The molecular weight excluding hydrogens is 213 g/mol. The van der Waals surface area contributed by atoms with Gasteiger partial charge in [-0.2, -0.15) is 0 Å². The van der Waals surface area contributed by atoms with Gasteiger partial charge in [0.25, 0.3) is 0 Å². The highest BCUT2D eigenvalue weighted by Crippen LogP contribution is 2.39. The van der Waals surface area contributed by atoms with Crippen molar-refractivity contribution in [1.82, 2.24) is 5.32 Å². The number of ether oxygens (including phenoxy) is 2. The standard InChI is InChI=1S/C11H16FNO3/c1-13-5-4-7-10(14)8(12)6-9(15-2)11(7)16-3/h6,13-14H,4-5H2,1-3H3. The molecule has 16 heavy (non-hydrogen) atoms. The molecule has 0 unspecified atom stereocenters. The highest BCUT2D eigenvalue weighted by atomic mass is 19.1. The van der Waals surface area contributed by atoms with E-state index in [0.717, 1.165) is 6.07 Å². The van der Waals surface area contributed by atoms with Crippen LogP contribution < -0.4 is 14.8 Å². The van der Waals surface area contributed by atoms with E-state index in [1.165, 1.54) is 14.2 Å². The van der Waals surface area contributed by atoms with Crippen LogP contribution in [0.5, 0.6) is 17.2 Å². The van der Waals surface area contributed by atoms with Gasteiger partial charge in [0.1, 0.15) is 0 Å². The number of aromatic hydroxyl groups is 1. The minimum atomic E-state index is -0.705. The molecule has 5 heteroatoms. The van der Waals surface area contributed by atoms with Gasteiger partial charge < -0.3 is 19.9 Å². The number of benzene rings is 1. The third-order valence-corrected chi connectivity index (χ3v) is 2.32. The van der Waals surface area contributed by atoms with Crippen LogP contribution in [-0.4, -0.2) is 32.9 Å². The van der Waals surface area contributed by atoms with E-state index in [-0.39, 0.29) is 11.5 Å². The Bertz CT molecular complexity index is 369. The summed E-state index contributed by atoms with van der Waals surface area (Å²) in [6, 6.07) is 1.11. The Morgan fingerprint density at radius 2 is 2.06 bits per heavy atom. The smallest absolute Gasteiger partial charge is 0.169 e. The van der Waals surface area contributed by atoms with Gasteiger partial charge in [0, 0.05) is 11.6 Å². The Morgan fingerprint density at radius 1 is 1.38 bits per heavy atom. The molecule has 1 aromatic rings. The summed E-state index contributed by atoms with van der Waals surface area (Å²) in [5.41, 5.74) is 0.411. The molecule has 0 aliphatic rings. The van der Waals surface area contributed by atoms with E-state index in [4.69, 9.17) is 9.47 Å². The summed E-state index contributed by atoms with van der Waals surface area (Å²) < 4.78 is 23.5. The van der Waals surface area contributed by atoms with Gasteiger partial charge in [0.2, 0.25) is 0 Å². The molecule has 0 aliphatic heterocycles. The molecule has 0 spiro atoms. The van der Waals surface area contributed by atoms with E-state index in [1.54, 1.807) is 7.05 Å². The van der Waals surface area contributed by atoms with Gasteiger partial charge in [-0.3, -0.25) is 0 Å². The molecule has 0 atom stereocenters. The van der Waals surface area contributed by atoms with E-state index in [0.29, 0.717) is 24.3 Å². The monoisotopic (exact) mass is 229 g/mol. The number of hydrogen-bond acceptors (Lipinski definition) is 4. The Kier molecular flexibility index (Phi) is 4.37. The number of halogens is 1. The van der Waals surface area contributed by atoms with Crippen molar-refractivity contribution in [2.45, 2.75) is 6.42 Å². The average Bonchev–Trinajstić information content (AvgIpc) is 2.30. The molecule has 0 heterocycles. The molecule has 2 N–H and O–H groups in total. The van der Waals surface area contributed by atoms with E-state index in [9.17, 15) is 9.50 Å². The zero-order valence-electron chi connectivity index (χ0n) is 9.63. The lowest BCUT2D eigenvalue weighted by Crippen LogP contribution is -2.11. The van der Waals surface area contributed by atoms with Crippen molar-refractivity contribution in [3.8, 4) is 17.2 Å². The third-order valence-electron chi connectivity index (χ3n) is 2.32. The molecule has 0 saturated carbocycles. The number of phenolic OH excluding ortho intramolecular Hbond substituents is 1. The molecule has 0 aliphatic carbocycles. The van der Waals surface area contributed by atoms with Crippen LogP contribution in [0.3, 0.4) is 0 Å². The topological polar surface area (TPSA) is 50.7 Å². The van der Waals surface area contributed by atoms with Crippen LogP contribution in [-0.2, 0) is 6.42 Å². The molecule has 0 bridgehead atoms. The number of nitrogens with one attached hydrogen (secondary N) is 1. The van der Waals surface area contributed by atoms with E-state index >= 15 is 0 Å². The van der Waals surface area contributed by atoms with Crippen LogP contribution in [0.2, 0.25) is 0 Å². The summed E-state index contributed by atoms with van der Waals surface area (Å²) in [6.07, 6.45) is 0.458. The van der Waals surface area contributed by atoms with Gasteiger partial charge in [-0.25, -0.2) is 4.39 Å². The summed E-state index contributed by atoms with van der Waals surface area (Å²) in [5.74, 6) is -0.433. The van der Waals surface area contributed by atoms with Crippen LogP contribution in [0.15, 0.2) is 6.07 Å². The maximum Gasteiger partial charge on any atom is 0.169 e. The maximum absolute atomic E-state index is 13.4. The van der Waals surface area contributed by atoms with E-state index in [1.807, 2.05) is 0 Å². The molecule has 90 valence electrons. The van der Waals surface area contributed by atoms with Crippen molar-refractivity contribution >= 4 is 0 Å². The van der Waals surface area contributed by atoms with Gasteiger partial charge >= 0.3 is 0 Å². The van der Waals surface area contributed by atoms with Gasteiger partial charge in [0.05, 0.1) is 14.2 Å². The molecule has 0 aromatic heterocycles. The van der Waals surface area contributed by atoms with E-state index in [2.05, 4.69) is 5.32 Å². The quantitative estimate of drug-likeness (QED) is 0.799. The van der Waals surface area contributed by atoms with Gasteiger partial charge in [-0.15, -0.1) is 0 Å². The van der Waals surface area contributed by atoms with Gasteiger partial charge in [-0.1, -0.05) is 0 Å². The van der Waals surface area contributed by atoms with Crippen molar-refractivity contribution < 1.29 is 19.0 Å². The molecule has 0 fully saturated rings. The van der Waals surface area contributed by atoms with Crippen LogP contribution in [0.1, 0.15) is 5.56 Å². The van der Waals surface area contributed by atoms with Crippen molar-refractivity contribution in [2.24, 2.45) is 0 Å². The lowest BCUT2D eigenvalue weighted by Gasteiger charge is -2.14. The third kappa shape index (κ3) is 2.36. The minimum absolute atomic E-state index is 0.281. The summed E-state index contributed by atoms with van der Waals surface area (Å²) in [6.45, 7) is 0.608. The van der Waals surface area contributed by atoms with Gasteiger partial charge in [-0.05, 0) is 20.0 Å². The summed E-state index contributed by atoms with van der Waals surface area (Å²) in [7, 11) is 4.66. The highest BCUT2D eigenvalue weighted by Gasteiger charge is 2.18. The van der Waals surface area contributed by atoms with Crippen molar-refractivity contribution in [3.05, 3.63) is 17.4 Å². The molecule has 1 rings (SSSR count). The van der Waals surface area contributed by atoms with Crippen molar-refractivity contribution in [1.29, 1.82) is 0 Å². The normalized spacial score (nSPS) is 10.2. The number of methoxy groups -OCH3 is 2. The fraction of sp³-hybridized carbons (Fsp3) is 0.455. The lowest BCUT2D eigenvalue weighted by atomic mass is 10.1. The average molecular weight is 229 g/mol. The zero-order valence-corrected chi connectivity index (χ0v) is 9.63. The second kappa shape index (κ2) is 5.55. The van der Waals surface area contributed by atoms with Crippen LogP contribution in [0.4, 0.5) is 4.39 Å². The summed E-state index contributed by atoms with van der Waals surface area (Å²) in [4.78, 5) is 0. The summed E-state index contributed by atoms with van der Waals surface area (Å²) >= 11 is 0. The van der Waals surface area contributed by atoms with E-state index < -0.39 is 5.82 Å². The predicted octanol–water partition coefficient (Wildman–Crippen LogP) is 1.31. The first-order chi connectivity index (χ1) is 7.65. The van der Waals surface area contributed by atoms with Crippen LogP contribution in [0.25, 0.3) is 0 Å². The molecule has 1 aromatic carbocycles. The second-order valence-electron chi connectivity index (χ2n) is 3.27. The summed E-state index contributed by atoms with van der Waals surface area (Å²) in [5, 5.41) is 12.5. The number of rotatable bonds is 5. The zero-order chi connectivity index (χ0) is 12.1. The Labute approximate surface area is 94.0 Å². The Hall–Kier alpha value is -1.49. The largest absolute Gasteiger partial charge is 0.505 e. The SMILES string of the molecule is CNCCc1c(O)c(F)cc(OC)c1OC. The first-order valence-electron chi connectivity index (χ1n) is 4.92. The fourth-order valence-corrected chi connectivity index (χ4v) is 1.51. The van der Waals surface area contributed by atoms with Crippen molar-refractivity contribution in [2.75, 3.05) is 27.8 Å². The molecule has 0 saturated heterocycles. The predicted molar refractivity (Wildman–Crippen MR) is 58.8 cm³/mol. The first-order valence-corrected chi connectivity index (χ1v) is 4.92. The molecule has 0 amide bonds. The maximum atomic E-state index is 13.4. The number of phenols is 1. The second-order valence-corrected chi connectivity index (χ2v) is 3.27. The van der Waals surface area contributed by atoms with Crippen molar-refractivity contribution in [3.63, 3.8) is 0 Å².